The van der Waals surface area contributed by atoms with Crippen molar-refractivity contribution in [3.05, 3.63) is 119 Å². The van der Waals surface area contributed by atoms with E-state index in [9.17, 15) is 8.78 Å². The lowest BCUT2D eigenvalue weighted by Crippen LogP contribution is -1.92. The van der Waals surface area contributed by atoms with Gasteiger partial charge < -0.3 is 0 Å². The molecule has 0 atom stereocenters. The number of halogens is 3. The quantitative estimate of drug-likeness (QED) is 0.242. The third kappa shape index (κ3) is 4.66. The van der Waals surface area contributed by atoms with E-state index in [1.165, 1.54) is 11.6 Å². The number of hydrogen-bond acceptors (Lipinski definition) is 1. The Balaban J connectivity index is 1.64. The van der Waals surface area contributed by atoms with Gasteiger partial charge in [0.15, 0.2) is 0 Å². The molecule has 0 aliphatic rings. The summed E-state index contributed by atoms with van der Waals surface area (Å²) in [4.78, 5) is 0. The van der Waals surface area contributed by atoms with Crippen LogP contribution in [0.25, 0.3) is 21.9 Å². The Morgan fingerprint density at radius 3 is 2.18 bits per heavy atom. The Bertz CT molecular complexity index is 1440. The van der Waals surface area contributed by atoms with Crippen molar-refractivity contribution in [2.45, 2.75) is 12.8 Å². The molecule has 0 spiro atoms. The predicted molar refractivity (Wildman–Crippen MR) is 125 cm³/mol. The molecule has 4 aromatic rings. The van der Waals surface area contributed by atoms with Gasteiger partial charge in [0.1, 0.15) is 29.1 Å². The van der Waals surface area contributed by atoms with E-state index in [-0.39, 0.29) is 11.1 Å². The van der Waals surface area contributed by atoms with Gasteiger partial charge in [0, 0.05) is 10.9 Å². The van der Waals surface area contributed by atoms with Gasteiger partial charge in [-0.25, -0.2) is 13.2 Å². The Labute approximate surface area is 190 Å². The van der Waals surface area contributed by atoms with Gasteiger partial charge in [-0.1, -0.05) is 60.4 Å². The van der Waals surface area contributed by atoms with Crippen LogP contribution in [-0.4, -0.2) is 0 Å². The van der Waals surface area contributed by atoms with Crippen LogP contribution in [0.2, 0.25) is 0 Å². The molecule has 0 heterocycles. The first-order valence-corrected chi connectivity index (χ1v) is 10.3. The van der Waals surface area contributed by atoms with Crippen LogP contribution in [0.1, 0.15) is 28.7 Å². The van der Waals surface area contributed by atoms with Crippen molar-refractivity contribution in [2.75, 3.05) is 0 Å². The summed E-state index contributed by atoms with van der Waals surface area (Å²) < 4.78 is 42.6. The van der Waals surface area contributed by atoms with Crippen LogP contribution in [0.4, 0.5) is 13.2 Å². The molecule has 0 aliphatic heterocycles. The highest BCUT2D eigenvalue weighted by Crippen LogP contribution is 2.28. The van der Waals surface area contributed by atoms with Crippen molar-refractivity contribution in [1.29, 1.82) is 5.26 Å². The minimum Gasteiger partial charge on any atom is -0.205 e. The van der Waals surface area contributed by atoms with E-state index in [4.69, 9.17) is 5.26 Å². The van der Waals surface area contributed by atoms with E-state index >= 15 is 4.39 Å². The molecule has 0 saturated carbocycles. The molecule has 0 N–H and O–H groups in total. The van der Waals surface area contributed by atoms with Crippen LogP contribution in [-0.2, 0) is 6.42 Å². The zero-order chi connectivity index (χ0) is 23.4. The van der Waals surface area contributed by atoms with E-state index in [0.29, 0.717) is 5.39 Å². The monoisotopic (exact) mass is 437 g/mol. The molecule has 0 amide bonds. The highest BCUT2D eigenvalue weighted by Gasteiger charge is 2.10. The number of rotatable bonds is 4. The molecule has 0 fully saturated rings. The first-order valence-electron chi connectivity index (χ1n) is 10.3. The molecule has 33 heavy (non-hydrogen) atoms. The summed E-state index contributed by atoms with van der Waals surface area (Å²) in [6.07, 6.45) is 3.76. The summed E-state index contributed by atoms with van der Waals surface area (Å²) in [5.74, 6) is 2.71. The summed E-state index contributed by atoms with van der Waals surface area (Å²) >= 11 is 0. The van der Waals surface area contributed by atoms with Crippen molar-refractivity contribution in [3.8, 4) is 29.0 Å². The van der Waals surface area contributed by atoms with Gasteiger partial charge in [0.25, 0.3) is 0 Å². The average Bonchev–Trinajstić information content (AvgIpc) is 2.82. The Morgan fingerprint density at radius 1 is 0.818 bits per heavy atom. The number of nitrogens with zero attached hydrogens (tertiary/aromatic N) is 1. The van der Waals surface area contributed by atoms with Gasteiger partial charge >= 0.3 is 0 Å². The summed E-state index contributed by atoms with van der Waals surface area (Å²) in [5.41, 5.74) is 2.71. The lowest BCUT2D eigenvalue weighted by Gasteiger charge is -2.07. The molecule has 0 bridgehead atoms. The minimum atomic E-state index is -0.998. The lowest BCUT2D eigenvalue weighted by atomic mass is 9.98. The van der Waals surface area contributed by atoms with Gasteiger partial charge in [-0.3, -0.25) is 0 Å². The van der Waals surface area contributed by atoms with Crippen molar-refractivity contribution < 1.29 is 13.2 Å². The SMILES string of the molecule is C=CCCc1ccc(-c2ccc3c(F)c(C#Cc4cc(F)c(C#N)c(F)c4)ccc3c2)cc1. The second kappa shape index (κ2) is 9.47. The normalized spacial score (nSPS) is 10.4. The number of fused-ring (bicyclic) bond motifs is 1. The van der Waals surface area contributed by atoms with E-state index < -0.39 is 23.0 Å². The van der Waals surface area contributed by atoms with Gasteiger partial charge in [-0.2, -0.15) is 5.26 Å². The van der Waals surface area contributed by atoms with Crippen molar-refractivity contribution in [2.24, 2.45) is 0 Å². The minimum absolute atomic E-state index is 0.0235. The lowest BCUT2D eigenvalue weighted by molar-refractivity contribution is 0.576. The third-order valence-corrected chi connectivity index (χ3v) is 5.37. The van der Waals surface area contributed by atoms with E-state index in [1.54, 1.807) is 18.2 Å². The van der Waals surface area contributed by atoms with Gasteiger partial charge in [0.2, 0.25) is 0 Å². The zero-order valence-electron chi connectivity index (χ0n) is 17.6. The number of nitriles is 1. The van der Waals surface area contributed by atoms with Gasteiger partial charge in [0.05, 0.1) is 5.56 Å². The van der Waals surface area contributed by atoms with Crippen LogP contribution in [0.15, 0.2) is 79.4 Å². The van der Waals surface area contributed by atoms with Crippen molar-refractivity contribution in [1.82, 2.24) is 0 Å². The molecule has 0 aromatic heterocycles. The number of allylic oxidation sites excluding steroid dienone is 1. The average molecular weight is 437 g/mol. The number of hydrogen-bond donors (Lipinski definition) is 0. The van der Waals surface area contributed by atoms with Gasteiger partial charge in [-0.15, -0.1) is 6.58 Å². The summed E-state index contributed by atoms with van der Waals surface area (Å²) in [6.45, 7) is 3.74. The predicted octanol–water partition coefficient (Wildman–Crippen LogP) is 7.31. The molecular weight excluding hydrogens is 419 g/mol. The molecule has 0 aliphatic carbocycles. The van der Waals surface area contributed by atoms with Crippen LogP contribution in [0, 0.1) is 40.6 Å². The highest BCUT2D eigenvalue weighted by atomic mass is 19.1. The maximum atomic E-state index is 15.1. The molecule has 160 valence electrons. The molecule has 4 heteroatoms. The molecule has 0 saturated heterocycles. The number of aryl methyl sites for hydroxylation is 1. The molecule has 4 aromatic carbocycles. The Hall–Kier alpha value is -4.28. The molecule has 1 nitrogen and oxygen atoms in total. The van der Waals surface area contributed by atoms with Crippen LogP contribution < -0.4 is 0 Å². The summed E-state index contributed by atoms with van der Waals surface area (Å²) in [7, 11) is 0. The van der Waals surface area contributed by atoms with E-state index in [2.05, 4.69) is 30.6 Å². The molecule has 4 rings (SSSR count). The first kappa shape index (κ1) is 21.9. The second-order valence-electron chi connectivity index (χ2n) is 7.56. The fourth-order valence-electron chi connectivity index (χ4n) is 3.59. The largest absolute Gasteiger partial charge is 0.205 e. The maximum Gasteiger partial charge on any atom is 0.146 e. The third-order valence-electron chi connectivity index (χ3n) is 5.37. The first-order chi connectivity index (χ1) is 16.0. The Kier molecular flexibility index (Phi) is 6.29. The molecule has 0 radical (unpaired) electrons. The van der Waals surface area contributed by atoms with Crippen LogP contribution >= 0.6 is 0 Å². The van der Waals surface area contributed by atoms with Crippen LogP contribution in [0.3, 0.4) is 0 Å². The highest BCUT2D eigenvalue weighted by molar-refractivity contribution is 5.89. The maximum absolute atomic E-state index is 15.1. The Morgan fingerprint density at radius 2 is 1.52 bits per heavy atom. The molecule has 0 unspecified atom stereocenters. The van der Waals surface area contributed by atoms with Crippen LogP contribution in [0.5, 0.6) is 0 Å². The van der Waals surface area contributed by atoms with Crippen molar-refractivity contribution >= 4 is 10.8 Å². The number of benzene rings is 4. The fourth-order valence-corrected chi connectivity index (χ4v) is 3.59. The van der Waals surface area contributed by atoms with Gasteiger partial charge in [-0.05, 0) is 59.2 Å². The molecular formula is C29H18F3N. The van der Waals surface area contributed by atoms with Crippen molar-refractivity contribution in [3.63, 3.8) is 0 Å². The summed E-state index contributed by atoms with van der Waals surface area (Å²) in [6, 6.07) is 20.4. The van der Waals surface area contributed by atoms with E-state index in [1.807, 2.05) is 30.3 Å². The zero-order valence-corrected chi connectivity index (χ0v) is 17.6. The summed E-state index contributed by atoms with van der Waals surface area (Å²) in [5, 5.41) is 9.88. The fraction of sp³-hybridized carbons (Fsp3) is 0.0690. The second-order valence-corrected chi connectivity index (χ2v) is 7.56. The smallest absolute Gasteiger partial charge is 0.146 e. The standard InChI is InChI=1S/C29H18F3N/c1-2-3-4-19-5-8-21(9-6-19)23-13-14-25-24(17-23)12-11-22(29(25)32)10-7-20-15-27(30)26(18-33)28(31)16-20/h2,5-6,8-9,11-17H,1,3-4H2. The topological polar surface area (TPSA) is 23.8 Å². The van der Waals surface area contributed by atoms with E-state index in [0.717, 1.165) is 41.5 Å².